The summed E-state index contributed by atoms with van der Waals surface area (Å²) in [4.78, 5) is 21.7. The van der Waals surface area contributed by atoms with Crippen LogP contribution >= 0.6 is 11.3 Å². The van der Waals surface area contributed by atoms with Crippen LogP contribution < -0.4 is 5.32 Å². The van der Waals surface area contributed by atoms with E-state index in [4.69, 9.17) is 4.52 Å². The number of thiophene rings is 1. The molecule has 10 heteroatoms. The van der Waals surface area contributed by atoms with Gasteiger partial charge in [0.05, 0.1) is 23.5 Å². The first kappa shape index (κ1) is 18.5. The zero-order valence-corrected chi connectivity index (χ0v) is 15.7. The number of aromatic nitrogens is 2. The van der Waals surface area contributed by atoms with Crippen molar-refractivity contribution in [2.75, 3.05) is 32.7 Å². The third-order valence-corrected chi connectivity index (χ3v) is 5.99. The predicted molar refractivity (Wildman–Crippen MR) is 95.5 cm³/mol. The van der Waals surface area contributed by atoms with Crippen molar-refractivity contribution < 1.29 is 18.1 Å². The molecule has 146 valence electrons. The van der Waals surface area contributed by atoms with Crippen LogP contribution in [0.3, 0.4) is 0 Å². The molecule has 0 radical (unpaired) electrons. The largest absolute Gasteiger partial charge is 0.339 e. The lowest BCUT2D eigenvalue weighted by Gasteiger charge is -2.37. The third kappa shape index (κ3) is 3.87. The molecule has 27 heavy (non-hydrogen) atoms. The Bertz CT molecular complexity index is 789. The van der Waals surface area contributed by atoms with Crippen LogP contribution in [0, 0.1) is 0 Å². The van der Waals surface area contributed by atoms with Gasteiger partial charge >= 0.3 is 0 Å². The minimum atomic E-state index is -2.80. The highest BCUT2D eigenvalue weighted by molar-refractivity contribution is 7.13. The summed E-state index contributed by atoms with van der Waals surface area (Å²) in [5.74, 6) is -1.92. The lowest BCUT2D eigenvalue weighted by atomic mass is 10.1. The summed E-state index contributed by atoms with van der Waals surface area (Å²) in [5, 5.41) is 8.63. The first-order valence-electron chi connectivity index (χ1n) is 8.94. The zero-order chi connectivity index (χ0) is 19.0. The Morgan fingerprint density at radius 1 is 1.41 bits per heavy atom. The van der Waals surface area contributed by atoms with Crippen molar-refractivity contribution in [1.29, 1.82) is 0 Å². The molecule has 0 saturated carbocycles. The maximum Gasteiger partial charge on any atom is 0.262 e. The summed E-state index contributed by atoms with van der Waals surface area (Å²) in [6, 6.07) is 3.02. The Balaban J connectivity index is 1.33. The van der Waals surface area contributed by atoms with Gasteiger partial charge in [0.2, 0.25) is 17.6 Å². The topological polar surface area (TPSA) is 74.5 Å². The molecule has 1 amide bonds. The summed E-state index contributed by atoms with van der Waals surface area (Å²) in [5.41, 5.74) is 0. The van der Waals surface area contributed by atoms with E-state index in [0.29, 0.717) is 37.9 Å². The minimum absolute atomic E-state index is 0.0718. The van der Waals surface area contributed by atoms with Crippen LogP contribution in [-0.4, -0.2) is 70.5 Å². The molecular weight excluding hydrogens is 376 g/mol. The van der Waals surface area contributed by atoms with Gasteiger partial charge in [0.1, 0.15) is 0 Å². The Morgan fingerprint density at radius 2 is 2.19 bits per heavy atom. The van der Waals surface area contributed by atoms with Gasteiger partial charge in [-0.25, -0.2) is 8.78 Å². The summed E-state index contributed by atoms with van der Waals surface area (Å²) < 4.78 is 32.0. The Kier molecular flexibility index (Phi) is 4.95. The number of alkyl halides is 2. The van der Waals surface area contributed by atoms with E-state index in [-0.39, 0.29) is 11.9 Å². The number of nitrogens with zero attached hydrogens (tertiary/aromatic N) is 4. The molecule has 2 aromatic rings. The Labute approximate surface area is 159 Å². The maximum absolute atomic E-state index is 13.3. The molecule has 2 saturated heterocycles. The summed E-state index contributed by atoms with van der Waals surface area (Å²) in [6.45, 7) is 3.82. The molecular formula is C17H21F2N5O2S. The molecule has 2 aliphatic heterocycles. The van der Waals surface area contributed by atoms with E-state index in [9.17, 15) is 13.6 Å². The minimum Gasteiger partial charge on any atom is -0.339 e. The van der Waals surface area contributed by atoms with E-state index in [1.807, 2.05) is 24.4 Å². The number of carbonyl (C=O) groups excluding carboxylic acids is 1. The van der Waals surface area contributed by atoms with Crippen LogP contribution in [-0.2, 0) is 4.79 Å². The first-order chi connectivity index (χ1) is 12.9. The molecule has 0 bridgehead atoms. The van der Waals surface area contributed by atoms with Gasteiger partial charge in [-0.2, -0.15) is 4.98 Å². The molecule has 7 nitrogen and oxygen atoms in total. The number of carbonyl (C=O) groups is 1. The van der Waals surface area contributed by atoms with Crippen molar-refractivity contribution in [3.8, 4) is 10.7 Å². The second kappa shape index (κ2) is 7.25. The van der Waals surface area contributed by atoms with Crippen molar-refractivity contribution in [1.82, 2.24) is 25.3 Å². The molecule has 2 unspecified atom stereocenters. The van der Waals surface area contributed by atoms with Crippen LogP contribution in [0.5, 0.6) is 0 Å². The molecule has 0 aliphatic carbocycles. The monoisotopic (exact) mass is 397 g/mol. The number of amides is 1. The van der Waals surface area contributed by atoms with Crippen molar-refractivity contribution in [2.45, 2.75) is 31.4 Å². The first-order valence-corrected chi connectivity index (χ1v) is 9.82. The Hall–Kier alpha value is -1.91. The highest BCUT2D eigenvalue weighted by atomic mass is 32.1. The van der Waals surface area contributed by atoms with E-state index in [0.717, 1.165) is 4.88 Å². The fraction of sp³-hybridized carbons (Fsp3) is 0.588. The van der Waals surface area contributed by atoms with Gasteiger partial charge in [-0.3, -0.25) is 15.0 Å². The molecule has 2 fully saturated rings. The number of rotatable bonds is 4. The molecule has 2 atom stereocenters. The van der Waals surface area contributed by atoms with E-state index < -0.39 is 24.9 Å². The van der Waals surface area contributed by atoms with E-state index in [1.165, 1.54) is 0 Å². The van der Waals surface area contributed by atoms with Gasteiger partial charge < -0.3 is 9.42 Å². The van der Waals surface area contributed by atoms with E-state index in [2.05, 4.69) is 20.4 Å². The molecule has 1 N–H and O–H groups in total. The number of halogens is 2. The highest BCUT2D eigenvalue weighted by Gasteiger charge is 2.44. The predicted octanol–water partition coefficient (Wildman–Crippen LogP) is 2.00. The van der Waals surface area contributed by atoms with Crippen molar-refractivity contribution >= 4 is 17.2 Å². The quantitative estimate of drug-likeness (QED) is 0.851. The fourth-order valence-corrected chi connectivity index (χ4v) is 4.16. The summed E-state index contributed by atoms with van der Waals surface area (Å²) in [7, 11) is 0. The lowest BCUT2D eigenvalue weighted by Crippen LogP contribution is -2.53. The normalized spacial score (nSPS) is 24.3. The standard InChI is InChI=1S/C17H21F2N5O2S/c1-11(15-21-14(22-26-15)13-3-2-8-27-13)23-4-6-24(7-5-23)16(25)12-9-17(18,19)10-20-12/h2-3,8,11-12,20H,4-7,9-10H2,1H3. The SMILES string of the molecule is CC(c1nc(-c2cccs2)no1)N1CCN(C(=O)C2CC(F)(F)CN2)CC1. The van der Waals surface area contributed by atoms with Gasteiger partial charge in [0.15, 0.2) is 0 Å². The smallest absolute Gasteiger partial charge is 0.262 e. The number of hydrogen-bond acceptors (Lipinski definition) is 7. The maximum atomic E-state index is 13.3. The number of hydrogen-bond donors (Lipinski definition) is 1. The lowest BCUT2D eigenvalue weighted by molar-refractivity contribution is -0.135. The second-order valence-corrected chi connectivity index (χ2v) is 7.91. The highest BCUT2D eigenvalue weighted by Crippen LogP contribution is 2.28. The molecule has 2 aliphatic rings. The van der Waals surface area contributed by atoms with Crippen molar-refractivity contribution in [3.63, 3.8) is 0 Å². The average Bonchev–Trinajstić information content (AvgIpc) is 3.40. The summed E-state index contributed by atoms with van der Waals surface area (Å²) in [6.07, 6.45) is -0.421. The molecule has 4 rings (SSSR count). The van der Waals surface area contributed by atoms with Crippen LogP contribution in [0.4, 0.5) is 8.78 Å². The van der Waals surface area contributed by atoms with Gasteiger partial charge in [-0.1, -0.05) is 11.2 Å². The van der Waals surface area contributed by atoms with E-state index >= 15 is 0 Å². The molecule has 0 aromatic carbocycles. The van der Waals surface area contributed by atoms with Crippen LogP contribution in [0.2, 0.25) is 0 Å². The number of piperazine rings is 1. The fourth-order valence-electron chi connectivity index (χ4n) is 3.51. The molecule has 2 aromatic heterocycles. The van der Waals surface area contributed by atoms with E-state index in [1.54, 1.807) is 16.2 Å². The van der Waals surface area contributed by atoms with Crippen LogP contribution in [0.15, 0.2) is 22.0 Å². The Morgan fingerprint density at radius 3 is 2.81 bits per heavy atom. The van der Waals surface area contributed by atoms with Gasteiger partial charge in [0, 0.05) is 32.6 Å². The van der Waals surface area contributed by atoms with Crippen LogP contribution in [0.25, 0.3) is 10.7 Å². The average molecular weight is 397 g/mol. The second-order valence-electron chi connectivity index (χ2n) is 6.96. The van der Waals surface area contributed by atoms with Crippen molar-refractivity contribution in [3.05, 3.63) is 23.4 Å². The van der Waals surface area contributed by atoms with Crippen LogP contribution in [0.1, 0.15) is 25.3 Å². The molecule has 0 spiro atoms. The van der Waals surface area contributed by atoms with Crippen molar-refractivity contribution in [2.24, 2.45) is 0 Å². The zero-order valence-electron chi connectivity index (χ0n) is 14.9. The third-order valence-electron chi connectivity index (χ3n) is 5.12. The van der Waals surface area contributed by atoms with Gasteiger partial charge in [-0.15, -0.1) is 11.3 Å². The number of nitrogens with one attached hydrogen (secondary N) is 1. The molecule has 4 heterocycles. The van der Waals surface area contributed by atoms with Gasteiger partial charge in [-0.05, 0) is 18.4 Å². The summed E-state index contributed by atoms with van der Waals surface area (Å²) >= 11 is 1.55. The van der Waals surface area contributed by atoms with Gasteiger partial charge in [0.25, 0.3) is 5.92 Å².